The number of pyridine rings is 1. The molecule has 2 aliphatic carbocycles. The van der Waals surface area contributed by atoms with E-state index in [1.165, 1.54) is 17.1 Å². The topological polar surface area (TPSA) is 209 Å². The maximum absolute atomic E-state index is 14.3. The van der Waals surface area contributed by atoms with Crippen molar-refractivity contribution in [2.75, 3.05) is 20.3 Å². The molecule has 278 valence electrons. The first kappa shape index (κ1) is 36.6. The summed E-state index contributed by atoms with van der Waals surface area (Å²) in [4.78, 5) is 73.2. The predicted molar refractivity (Wildman–Crippen MR) is 184 cm³/mol. The fourth-order valence-corrected chi connectivity index (χ4v) is 7.58. The first-order valence-electron chi connectivity index (χ1n) is 16.9. The van der Waals surface area contributed by atoms with Gasteiger partial charge in [-0.3, -0.25) is 19.1 Å². The van der Waals surface area contributed by atoms with Crippen molar-refractivity contribution in [3.8, 4) is 11.6 Å². The van der Waals surface area contributed by atoms with Gasteiger partial charge in [-0.2, -0.15) is 0 Å². The fraction of sp³-hybridized carbons (Fsp3) is 0.486. The van der Waals surface area contributed by atoms with E-state index in [0.717, 1.165) is 11.5 Å². The van der Waals surface area contributed by atoms with Crippen molar-refractivity contribution in [1.82, 2.24) is 25.2 Å². The first-order chi connectivity index (χ1) is 24.6. The summed E-state index contributed by atoms with van der Waals surface area (Å²) >= 11 is 0. The molecule has 52 heavy (non-hydrogen) atoms. The lowest BCUT2D eigenvalue weighted by Crippen LogP contribution is -2.59. The van der Waals surface area contributed by atoms with Crippen LogP contribution < -0.4 is 24.8 Å². The van der Waals surface area contributed by atoms with E-state index in [2.05, 4.69) is 20.3 Å². The van der Waals surface area contributed by atoms with E-state index < -0.39 is 86.9 Å². The van der Waals surface area contributed by atoms with Gasteiger partial charge in [-0.15, -0.1) is 0 Å². The van der Waals surface area contributed by atoms with Crippen LogP contribution in [0.5, 0.6) is 11.6 Å². The number of benzene rings is 1. The number of aromatic nitrogens is 1. The van der Waals surface area contributed by atoms with Crippen LogP contribution in [0.4, 0.5) is 4.79 Å². The minimum atomic E-state index is -3.96. The Hall–Kier alpha value is -5.19. The summed E-state index contributed by atoms with van der Waals surface area (Å²) in [6, 6.07) is 4.34. The molecule has 6 rings (SSSR count). The Bertz CT molecular complexity index is 1950. The van der Waals surface area contributed by atoms with Gasteiger partial charge in [0.25, 0.3) is 5.91 Å². The van der Waals surface area contributed by atoms with E-state index in [4.69, 9.17) is 18.9 Å². The Morgan fingerprint density at radius 1 is 1.12 bits per heavy atom. The molecule has 1 unspecified atom stereocenters. The standard InChI is InChI=1S/C35H41N5O11S/c1-34(2,3)51-33(45)37-26-19-49-28(41)8-6-5-7-21-17-35(21,32(44)39-52(46,47)24-10-11-24)38-29(42)27-16-23(18-40(27)31(26)43)50-30-25-12-9-22(48-4)15-20(25)13-14-36-30/h5-9,12-15,21,23-24,26-27H,10-11,16-19H2,1-4H3,(H,37,45)(H,38,42)(H,39,44)/b7-5-,8-6+/t21?,23-,26+,27+,35-/m1/s1. The second-order valence-corrected chi connectivity index (χ2v) is 16.2. The van der Waals surface area contributed by atoms with Gasteiger partial charge in [0, 0.05) is 30.0 Å². The zero-order valence-corrected chi connectivity index (χ0v) is 29.9. The Labute approximate surface area is 300 Å². The largest absolute Gasteiger partial charge is 0.497 e. The van der Waals surface area contributed by atoms with E-state index in [1.54, 1.807) is 64.4 Å². The smallest absolute Gasteiger partial charge is 0.408 e. The molecule has 2 aromatic rings. The van der Waals surface area contributed by atoms with Crippen LogP contribution in [0, 0.1) is 5.92 Å². The maximum Gasteiger partial charge on any atom is 0.408 e. The molecule has 1 aromatic heterocycles. The number of sulfonamides is 1. The summed E-state index contributed by atoms with van der Waals surface area (Å²) in [5, 5.41) is 5.93. The number of esters is 1. The number of methoxy groups -OCH3 is 1. The van der Waals surface area contributed by atoms with Gasteiger partial charge in [0.05, 0.1) is 18.9 Å². The minimum Gasteiger partial charge on any atom is -0.497 e. The third-order valence-electron chi connectivity index (χ3n) is 9.09. The van der Waals surface area contributed by atoms with Gasteiger partial charge in [0.15, 0.2) is 0 Å². The maximum atomic E-state index is 14.3. The number of allylic oxidation sites excluding steroid dienone is 2. The van der Waals surface area contributed by atoms with E-state index in [9.17, 15) is 32.4 Å². The Morgan fingerprint density at radius 2 is 1.88 bits per heavy atom. The highest BCUT2D eigenvalue weighted by Crippen LogP contribution is 2.46. The first-order valence-corrected chi connectivity index (χ1v) is 18.4. The van der Waals surface area contributed by atoms with Crippen LogP contribution >= 0.6 is 0 Å². The average Bonchev–Trinajstić information content (AvgIpc) is 4.00. The van der Waals surface area contributed by atoms with Gasteiger partial charge < -0.3 is 34.5 Å². The molecule has 5 atom stereocenters. The molecule has 2 aliphatic heterocycles. The monoisotopic (exact) mass is 739 g/mol. The quantitative estimate of drug-likeness (QED) is 0.347. The van der Waals surface area contributed by atoms with Crippen molar-refractivity contribution < 1.29 is 51.3 Å². The number of alkyl carbamates (subject to hydrolysis) is 1. The lowest BCUT2D eigenvalue weighted by atomic mass is 10.1. The molecule has 0 spiro atoms. The highest BCUT2D eigenvalue weighted by molar-refractivity contribution is 7.91. The number of hydrogen-bond donors (Lipinski definition) is 3. The zero-order chi connectivity index (χ0) is 37.4. The molecule has 3 N–H and O–H groups in total. The third-order valence-corrected chi connectivity index (χ3v) is 10.9. The van der Waals surface area contributed by atoms with Crippen molar-refractivity contribution in [2.45, 2.75) is 81.0 Å². The molecule has 3 heterocycles. The number of carbonyl (C=O) groups is 5. The van der Waals surface area contributed by atoms with Gasteiger partial charge in [0.1, 0.15) is 41.7 Å². The normalized spacial score (nSPS) is 27.8. The van der Waals surface area contributed by atoms with Crippen molar-refractivity contribution in [3.63, 3.8) is 0 Å². The predicted octanol–water partition coefficient (Wildman–Crippen LogP) is 1.64. The molecule has 0 bridgehead atoms. The molecule has 4 aliphatic rings. The Balaban J connectivity index is 1.33. The third kappa shape index (κ3) is 8.14. The van der Waals surface area contributed by atoms with E-state index in [0.29, 0.717) is 24.0 Å². The lowest BCUT2D eigenvalue weighted by Gasteiger charge is -2.30. The molecule has 1 aromatic carbocycles. The van der Waals surface area contributed by atoms with Crippen LogP contribution in [0.25, 0.3) is 10.8 Å². The molecule has 4 amide bonds. The number of rotatable bonds is 7. The van der Waals surface area contributed by atoms with Crippen molar-refractivity contribution >= 4 is 50.6 Å². The van der Waals surface area contributed by atoms with Crippen LogP contribution in [-0.2, 0) is 38.7 Å². The van der Waals surface area contributed by atoms with E-state index in [1.807, 2.05) is 0 Å². The van der Waals surface area contributed by atoms with E-state index >= 15 is 0 Å². The molecular weight excluding hydrogens is 698 g/mol. The molecule has 2 saturated carbocycles. The van der Waals surface area contributed by atoms with Crippen LogP contribution in [0.15, 0.2) is 54.8 Å². The number of amides is 4. The number of cyclic esters (lactones) is 1. The van der Waals surface area contributed by atoms with Crippen molar-refractivity contribution in [2.24, 2.45) is 5.92 Å². The Morgan fingerprint density at radius 3 is 2.60 bits per heavy atom. The molecule has 0 radical (unpaired) electrons. The average molecular weight is 740 g/mol. The number of carbonyl (C=O) groups excluding carboxylic acids is 5. The van der Waals surface area contributed by atoms with Crippen LogP contribution in [0.2, 0.25) is 0 Å². The molecule has 3 fully saturated rings. The second kappa shape index (κ2) is 14.1. The van der Waals surface area contributed by atoms with Crippen LogP contribution in [0.1, 0.15) is 46.5 Å². The highest BCUT2D eigenvalue weighted by atomic mass is 32.2. The second-order valence-electron chi connectivity index (χ2n) is 14.2. The SMILES string of the molecule is COc1ccc2c(O[C@@H]3C[C@H]4C(=O)N[C@]5(C(=O)NS(=O)(=O)C6CC6)CC5/C=C\C=C\C(=O)OC[C@H](NC(=O)OC(C)(C)C)C(=O)N4C3)nccc2c1. The summed E-state index contributed by atoms with van der Waals surface area (Å²) in [7, 11) is -2.42. The molecule has 17 heteroatoms. The van der Waals surface area contributed by atoms with Gasteiger partial charge in [0.2, 0.25) is 27.7 Å². The number of fused-ring (bicyclic) bond motifs is 3. The summed E-state index contributed by atoms with van der Waals surface area (Å²) in [6.07, 6.45) is 6.10. The Kier molecular flexibility index (Phi) is 9.91. The number of ether oxygens (including phenoxy) is 4. The van der Waals surface area contributed by atoms with Crippen LogP contribution in [0.3, 0.4) is 0 Å². The zero-order valence-electron chi connectivity index (χ0n) is 29.1. The van der Waals surface area contributed by atoms with E-state index in [-0.39, 0.29) is 25.3 Å². The van der Waals surface area contributed by atoms with Gasteiger partial charge >= 0.3 is 12.1 Å². The highest BCUT2D eigenvalue weighted by Gasteiger charge is 2.62. The minimum absolute atomic E-state index is 0.0619. The molecule has 16 nitrogen and oxygen atoms in total. The summed E-state index contributed by atoms with van der Waals surface area (Å²) in [5.74, 6) is -3.05. The van der Waals surface area contributed by atoms with Gasteiger partial charge in [-0.25, -0.2) is 23.0 Å². The summed E-state index contributed by atoms with van der Waals surface area (Å²) < 4.78 is 49.9. The van der Waals surface area contributed by atoms with Crippen molar-refractivity contribution in [3.05, 3.63) is 54.8 Å². The summed E-state index contributed by atoms with van der Waals surface area (Å²) in [5.41, 5.74) is -2.58. The number of nitrogens with one attached hydrogen (secondary N) is 3. The van der Waals surface area contributed by atoms with Gasteiger partial charge in [-0.05, 0) is 69.7 Å². The summed E-state index contributed by atoms with van der Waals surface area (Å²) in [6.45, 7) is 4.15. The van der Waals surface area contributed by atoms with Crippen molar-refractivity contribution in [1.29, 1.82) is 0 Å². The number of hydrogen-bond acceptors (Lipinski definition) is 12. The molecular formula is C35H41N5O11S. The lowest BCUT2D eigenvalue weighted by molar-refractivity contribution is -0.145. The fourth-order valence-electron chi connectivity index (χ4n) is 6.22. The molecule has 1 saturated heterocycles. The number of nitrogens with zero attached hydrogens (tertiary/aromatic N) is 2. The van der Waals surface area contributed by atoms with Crippen LogP contribution in [-0.4, -0.2) is 103 Å². The van der Waals surface area contributed by atoms with Gasteiger partial charge in [-0.1, -0.05) is 18.2 Å².